The second-order valence-corrected chi connectivity index (χ2v) is 13.1. The summed E-state index contributed by atoms with van der Waals surface area (Å²) in [4.78, 5) is 4.41. The monoisotopic (exact) mass is 608 g/mol. The van der Waals surface area contributed by atoms with Gasteiger partial charge < -0.3 is 14.0 Å². The first-order valence-electron chi connectivity index (χ1n) is 15.7. The largest absolute Gasteiger partial charge is 0.494 e. The average molecular weight is 609 g/mol. The molecule has 0 aliphatic rings. The average Bonchev–Trinajstić information content (AvgIpc) is 3.65. The van der Waals surface area contributed by atoms with E-state index >= 15 is 0 Å². The van der Waals surface area contributed by atoms with Gasteiger partial charge in [0.1, 0.15) is 19.3 Å². The van der Waals surface area contributed by atoms with Gasteiger partial charge in [-0.05, 0) is 66.2 Å². The zero-order valence-corrected chi connectivity index (χ0v) is 27.8. The highest BCUT2D eigenvalue weighted by Crippen LogP contribution is 2.35. The van der Waals surface area contributed by atoms with Crippen molar-refractivity contribution in [3.05, 3.63) is 181 Å². The second kappa shape index (κ2) is 15.8. The first-order valence-corrected chi connectivity index (χ1v) is 17.1. The van der Waals surface area contributed by atoms with Crippen molar-refractivity contribution in [2.75, 3.05) is 13.2 Å². The van der Waals surface area contributed by atoms with E-state index in [4.69, 9.17) is 9.47 Å². The molecule has 4 nitrogen and oxygen atoms in total. The van der Waals surface area contributed by atoms with Crippen LogP contribution in [-0.2, 0) is 5.16 Å². The fourth-order valence-corrected chi connectivity index (χ4v) is 8.15. The third-order valence-corrected chi connectivity index (χ3v) is 10.7. The molecular formula is C39H41BN2O2Si. The Hall–Kier alpha value is -4.81. The van der Waals surface area contributed by atoms with Gasteiger partial charge in [-0.25, -0.2) is 4.98 Å². The van der Waals surface area contributed by atoms with Crippen LogP contribution in [0.25, 0.3) is 0 Å². The van der Waals surface area contributed by atoms with Crippen LogP contribution in [0.15, 0.2) is 158 Å². The van der Waals surface area contributed by atoms with Crippen LogP contribution in [-0.4, -0.2) is 40.1 Å². The molecule has 0 radical (unpaired) electrons. The maximum atomic E-state index is 5.71. The lowest BCUT2D eigenvalue weighted by atomic mass is 9.76. The molecule has 6 heteroatoms. The van der Waals surface area contributed by atoms with Gasteiger partial charge in [-0.2, -0.15) is 0 Å². The minimum Gasteiger partial charge on any atom is -0.494 e. The molecule has 226 valence electrons. The smallest absolute Gasteiger partial charge is 0.119 e. The zero-order valence-electron chi connectivity index (χ0n) is 26.4. The number of rotatable bonds is 11. The van der Waals surface area contributed by atoms with E-state index in [9.17, 15) is 0 Å². The Labute approximate surface area is 271 Å². The summed E-state index contributed by atoms with van der Waals surface area (Å²) in [6.45, 7) is 5.32. The Morgan fingerprint density at radius 1 is 0.644 bits per heavy atom. The molecule has 0 fully saturated rings. The van der Waals surface area contributed by atoms with Gasteiger partial charge in [0.05, 0.1) is 34.2 Å². The van der Waals surface area contributed by atoms with Crippen molar-refractivity contribution in [2.24, 2.45) is 0 Å². The molecule has 0 saturated carbocycles. The molecule has 1 aromatic heterocycles. The van der Waals surface area contributed by atoms with Crippen molar-refractivity contribution < 1.29 is 9.47 Å². The van der Waals surface area contributed by atoms with Gasteiger partial charge in [0.25, 0.3) is 0 Å². The molecule has 0 unspecified atom stereocenters. The van der Waals surface area contributed by atoms with Crippen LogP contribution in [0.3, 0.4) is 0 Å². The Bertz CT molecular complexity index is 1590. The molecule has 1 heterocycles. The summed E-state index contributed by atoms with van der Waals surface area (Å²) in [5, 5.41) is 1.06. The predicted molar refractivity (Wildman–Crippen MR) is 192 cm³/mol. The van der Waals surface area contributed by atoms with Gasteiger partial charge >= 0.3 is 0 Å². The second-order valence-electron chi connectivity index (χ2n) is 11.0. The van der Waals surface area contributed by atoms with E-state index in [0.717, 1.165) is 11.5 Å². The topological polar surface area (TPSA) is 36.3 Å². The van der Waals surface area contributed by atoms with Crippen LogP contribution in [0, 0.1) is 0 Å². The van der Waals surface area contributed by atoms with E-state index in [2.05, 4.69) is 163 Å². The van der Waals surface area contributed by atoms with E-state index < -0.39 is 9.52 Å². The van der Waals surface area contributed by atoms with Crippen molar-refractivity contribution >= 4 is 22.6 Å². The third-order valence-electron chi connectivity index (χ3n) is 8.13. The predicted octanol–water partition coefficient (Wildman–Crippen LogP) is 6.33. The number of nitrogens with zero attached hydrogens (tertiary/aromatic N) is 2. The van der Waals surface area contributed by atoms with Gasteiger partial charge in [0.2, 0.25) is 0 Å². The Morgan fingerprint density at radius 3 is 1.49 bits per heavy atom. The first kappa shape index (κ1) is 31.6. The standard InChI is InChI=1S/C26H28N2O2Si.C13H13B/c1-3-29-23-14-10-21(11-15-23)26(28-19-18-27-20-28,31-25-8-6-5-7-9-25)22-12-16-24(17-13-22)30-4-2;14-13(11-7-3-1-4-8-11)12-9-5-2-6-10-12/h5-20H,3-4,31H2,1-2H3;1-10,13H,14H2. The molecule has 6 rings (SSSR count). The minimum atomic E-state index is -0.876. The molecular weight excluding hydrogens is 567 g/mol. The van der Waals surface area contributed by atoms with Gasteiger partial charge in [-0.1, -0.05) is 120 Å². The molecule has 6 aromatic rings. The van der Waals surface area contributed by atoms with Crippen molar-refractivity contribution in [3.63, 3.8) is 0 Å². The van der Waals surface area contributed by atoms with Crippen molar-refractivity contribution in [3.8, 4) is 11.5 Å². The van der Waals surface area contributed by atoms with E-state index in [0.29, 0.717) is 19.0 Å². The van der Waals surface area contributed by atoms with Crippen LogP contribution < -0.4 is 14.7 Å². The molecule has 0 aliphatic carbocycles. The summed E-state index contributed by atoms with van der Waals surface area (Å²) in [6, 6.07) is 49.0. The lowest BCUT2D eigenvalue weighted by Gasteiger charge is -2.37. The first-order chi connectivity index (χ1) is 22.1. The lowest BCUT2D eigenvalue weighted by molar-refractivity contribution is 0.340. The maximum Gasteiger partial charge on any atom is 0.119 e. The van der Waals surface area contributed by atoms with Gasteiger partial charge in [0, 0.05) is 12.4 Å². The van der Waals surface area contributed by atoms with Gasteiger partial charge in [0.15, 0.2) is 0 Å². The van der Waals surface area contributed by atoms with Crippen molar-refractivity contribution in [1.29, 1.82) is 0 Å². The highest BCUT2D eigenvalue weighted by atomic mass is 28.2. The van der Waals surface area contributed by atoms with Crippen LogP contribution in [0.1, 0.15) is 41.9 Å². The molecule has 0 atom stereocenters. The van der Waals surface area contributed by atoms with Crippen LogP contribution >= 0.6 is 0 Å². The summed E-state index contributed by atoms with van der Waals surface area (Å²) in [5.74, 6) is 2.26. The quantitative estimate of drug-likeness (QED) is 0.161. The highest BCUT2D eigenvalue weighted by Gasteiger charge is 2.37. The molecule has 0 N–H and O–H groups in total. The summed E-state index contributed by atoms with van der Waals surface area (Å²) < 4.78 is 13.7. The summed E-state index contributed by atoms with van der Waals surface area (Å²) in [7, 11) is 1.36. The SMILES string of the molecule is BC(c1ccccc1)c1ccccc1.CCOc1ccc(C([SiH2]c2ccccc2)(c2ccc(OCC)cc2)n2ccnc2)cc1. The number of imidazole rings is 1. The van der Waals surface area contributed by atoms with Gasteiger partial charge in [-0.3, -0.25) is 0 Å². The molecule has 5 aromatic carbocycles. The van der Waals surface area contributed by atoms with Crippen LogP contribution in [0.5, 0.6) is 11.5 Å². The molecule has 0 spiro atoms. The number of aromatic nitrogens is 2. The number of ether oxygens (including phenoxy) is 2. The molecule has 0 saturated heterocycles. The highest BCUT2D eigenvalue weighted by molar-refractivity contribution is 6.57. The van der Waals surface area contributed by atoms with E-state index in [1.165, 1.54) is 27.4 Å². The Morgan fingerprint density at radius 2 is 1.09 bits per heavy atom. The summed E-state index contributed by atoms with van der Waals surface area (Å²) >= 11 is 0. The lowest BCUT2D eigenvalue weighted by Crippen LogP contribution is -2.46. The Balaban J connectivity index is 0.000000238. The fourth-order valence-electron chi connectivity index (χ4n) is 5.80. The van der Waals surface area contributed by atoms with Crippen LogP contribution in [0.4, 0.5) is 0 Å². The van der Waals surface area contributed by atoms with E-state index in [1.807, 2.05) is 26.4 Å². The number of hydrogen-bond donors (Lipinski definition) is 0. The number of hydrogen-bond acceptors (Lipinski definition) is 3. The molecule has 45 heavy (non-hydrogen) atoms. The molecule has 0 amide bonds. The maximum absolute atomic E-state index is 5.71. The molecule has 0 bridgehead atoms. The molecule has 0 aliphatic heterocycles. The third kappa shape index (κ3) is 7.83. The van der Waals surface area contributed by atoms with Gasteiger partial charge in [-0.15, -0.1) is 0 Å². The fraction of sp³-hybridized carbons (Fsp3) is 0.154. The van der Waals surface area contributed by atoms with E-state index in [1.54, 1.807) is 0 Å². The minimum absolute atomic E-state index is 0.326. The van der Waals surface area contributed by atoms with Crippen molar-refractivity contribution in [1.82, 2.24) is 9.55 Å². The summed E-state index contributed by atoms with van der Waals surface area (Å²) in [5.41, 5.74) is 5.21. The summed E-state index contributed by atoms with van der Waals surface area (Å²) in [6.07, 6.45) is 5.86. The Kier molecular flexibility index (Phi) is 11.1. The van der Waals surface area contributed by atoms with Crippen LogP contribution in [0.2, 0.25) is 0 Å². The normalized spacial score (nSPS) is 11.3. The van der Waals surface area contributed by atoms with E-state index in [-0.39, 0.29) is 5.16 Å². The number of benzene rings is 5. The zero-order chi connectivity index (χ0) is 31.3. The van der Waals surface area contributed by atoms with Crippen molar-refractivity contribution in [2.45, 2.75) is 24.8 Å².